The minimum atomic E-state index is 0.540. The van der Waals surface area contributed by atoms with Gasteiger partial charge in [0, 0.05) is 18.8 Å². The first-order valence-electron chi connectivity index (χ1n) is 8.33. The van der Waals surface area contributed by atoms with Crippen molar-refractivity contribution in [2.24, 2.45) is 0 Å². The van der Waals surface area contributed by atoms with E-state index in [1.165, 1.54) is 25.7 Å². The fourth-order valence-corrected chi connectivity index (χ4v) is 2.98. The molecule has 1 aromatic heterocycles. The molecular weight excluding hydrogens is 304 g/mol. The summed E-state index contributed by atoms with van der Waals surface area (Å²) in [6, 6.07) is 8.30. The zero-order valence-corrected chi connectivity index (χ0v) is 14.2. The molecule has 6 nitrogen and oxygen atoms in total. The number of rotatable bonds is 7. The third-order valence-corrected chi connectivity index (χ3v) is 4.26. The van der Waals surface area contributed by atoms with Crippen molar-refractivity contribution in [1.29, 1.82) is 0 Å². The minimum Gasteiger partial charge on any atom is -0.493 e. The molecule has 3 rings (SSSR count). The van der Waals surface area contributed by atoms with Crippen LogP contribution in [-0.4, -0.2) is 30.2 Å². The van der Waals surface area contributed by atoms with Gasteiger partial charge in [0.25, 0.3) is 0 Å². The number of nitrogens with one attached hydrogen (secondary N) is 2. The molecule has 1 fully saturated rings. The van der Waals surface area contributed by atoms with E-state index < -0.39 is 0 Å². The van der Waals surface area contributed by atoms with E-state index in [0.717, 1.165) is 22.9 Å². The molecule has 128 valence electrons. The first-order valence-corrected chi connectivity index (χ1v) is 8.33. The summed E-state index contributed by atoms with van der Waals surface area (Å²) in [5.41, 5.74) is 1.07. The van der Waals surface area contributed by atoms with Crippen LogP contribution in [0, 0.1) is 0 Å². The number of ether oxygens (including phenoxy) is 2. The Morgan fingerprint density at radius 1 is 1.08 bits per heavy atom. The molecular formula is C18H24N4O2. The lowest BCUT2D eigenvalue weighted by Gasteiger charge is -2.13. The van der Waals surface area contributed by atoms with Crippen LogP contribution in [0.2, 0.25) is 0 Å². The van der Waals surface area contributed by atoms with Gasteiger partial charge < -0.3 is 20.1 Å². The van der Waals surface area contributed by atoms with Crippen molar-refractivity contribution in [3.63, 3.8) is 0 Å². The van der Waals surface area contributed by atoms with E-state index in [-0.39, 0.29) is 0 Å². The topological polar surface area (TPSA) is 68.3 Å². The molecule has 0 saturated heterocycles. The molecule has 0 atom stereocenters. The summed E-state index contributed by atoms with van der Waals surface area (Å²) in [5, 5.41) is 6.74. The van der Waals surface area contributed by atoms with Crippen LogP contribution in [0.15, 0.2) is 30.5 Å². The lowest BCUT2D eigenvalue weighted by molar-refractivity contribution is 0.354. The average molecular weight is 328 g/mol. The molecule has 0 spiro atoms. The highest BCUT2D eigenvalue weighted by molar-refractivity contribution is 5.45. The Morgan fingerprint density at radius 2 is 1.88 bits per heavy atom. The fraction of sp³-hybridized carbons (Fsp3) is 0.444. The molecule has 0 radical (unpaired) electrons. The molecule has 0 unspecified atom stereocenters. The summed E-state index contributed by atoms with van der Waals surface area (Å²) in [7, 11) is 3.27. The monoisotopic (exact) mass is 328 g/mol. The quantitative estimate of drug-likeness (QED) is 0.811. The van der Waals surface area contributed by atoms with Crippen LogP contribution in [0.25, 0.3) is 0 Å². The van der Waals surface area contributed by atoms with Gasteiger partial charge in [-0.3, -0.25) is 0 Å². The maximum absolute atomic E-state index is 5.33. The normalized spacial score (nSPS) is 14.4. The second-order valence-electron chi connectivity index (χ2n) is 5.93. The van der Waals surface area contributed by atoms with E-state index in [1.807, 2.05) is 24.3 Å². The SMILES string of the molecule is COc1ccc(CNc2nccc(NC3CCCC3)n2)cc1OC. The molecule has 0 bridgehead atoms. The molecule has 1 aliphatic rings. The second-order valence-corrected chi connectivity index (χ2v) is 5.93. The number of nitrogens with zero attached hydrogens (tertiary/aromatic N) is 2. The lowest BCUT2D eigenvalue weighted by Crippen LogP contribution is -2.16. The summed E-state index contributed by atoms with van der Waals surface area (Å²) in [5.74, 6) is 2.94. The Labute approximate surface area is 142 Å². The van der Waals surface area contributed by atoms with Crippen LogP contribution in [0.5, 0.6) is 11.5 Å². The van der Waals surface area contributed by atoms with Crippen molar-refractivity contribution in [3.8, 4) is 11.5 Å². The van der Waals surface area contributed by atoms with Gasteiger partial charge in [-0.05, 0) is 36.6 Å². The highest BCUT2D eigenvalue weighted by Crippen LogP contribution is 2.27. The average Bonchev–Trinajstić information content (AvgIpc) is 3.13. The molecule has 6 heteroatoms. The standard InChI is InChI=1S/C18H24N4O2/c1-23-15-8-7-13(11-16(15)24-2)12-20-18-19-10-9-17(22-18)21-14-5-3-4-6-14/h7-11,14H,3-6,12H2,1-2H3,(H2,19,20,21,22). The molecule has 1 aliphatic carbocycles. The molecule has 0 amide bonds. The van der Waals surface area contributed by atoms with Crippen LogP contribution >= 0.6 is 0 Å². The van der Waals surface area contributed by atoms with Gasteiger partial charge in [0.1, 0.15) is 5.82 Å². The molecule has 2 N–H and O–H groups in total. The number of aromatic nitrogens is 2. The van der Waals surface area contributed by atoms with Gasteiger partial charge >= 0.3 is 0 Å². The van der Waals surface area contributed by atoms with Crippen molar-refractivity contribution in [3.05, 3.63) is 36.0 Å². The summed E-state index contributed by atoms with van der Waals surface area (Å²) >= 11 is 0. The maximum atomic E-state index is 5.33. The highest BCUT2D eigenvalue weighted by Gasteiger charge is 2.15. The van der Waals surface area contributed by atoms with E-state index in [9.17, 15) is 0 Å². The summed E-state index contributed by atoms with van der Waals surface area (Å²) in [6.07, 6.45) is 6.82. The second kappa shape index (κ2) is 7.86. The van der Waals surface area contributed by atoms with Crippen molar-refractivity contribution >= 4 is 11.8 Å². The third-order valence-electron chi connectivity index (χ3n) is 4.26. The highest BCUT2D eigenvalue weighted by atomic mass is 16.5. The van der Waals surface area contributed by atoms with Crippen molar-refractivity contribution in [2.75, 3.05) is 24.9 Å². The van der Waals surface area contributed by atoms with Crippen molar-refractivity contribution in [1.82, 2.24) is 9.97 Å². The van der Waals surface area contributed by atoms with Gasteiger partial charge in [-0.1, -0.05) is 18.9 Å². The third kappa shape index (κ3) is 4.07. The number of anilines is 2. The van der Waals surface area contributed by atoms with Crippen LogP contribution < -0.4 is 20.1 Å². The molecule has 0 aliphatic heterocycles. The van der Waals surface area contributed by atoms with Crippen LogP contribution in [0.1, 0.15) is 31.2 Å². The van der Waals surface area contributed by atoms with Crippen molar-refractivity contribution < 1.29 is 9.47 Å². The van der Waals surface area contributed by atoms with Crippen LogP contribution in [0.4, 0.5) is 11.8 Å². The molecule has 1 saturated carbocycles. The Hall–Kier alpha value is -2.50. The van der Waals surface area contributed by atoms with Crippen LogP contribution in [0.3, 0.4) is 0 Å². The van der Waals surface area contributed by atoms with Crippen LogP contribution in [-0.2, 0) is 6.54 Å². The molecule has 24 heavy (non-hydrogen) atoms. The predicted octanol–water partition coefficient (Wildman–Crippen LogP) is 3.46. The van der Waals surface area contributed by atoms with Gasteiger partial charge in [-0.15, -0.1) is 0 Å². The number of benzene rings is 1. The zero-order valence-electron chi connectivity index (χ0n) is 14.2. The summed E-state index contributed by atoms with van der Waals surface area (Å²) in [6.45, 7) is 0.618. The zero-order chi connectivity index (χ0) is 16.8. The van der Waals surface area contributed by atoms with E-state index in [0.29, 0.717) is 18.5 Å². The lowest BCUT2D eigenvalue weighted by atomic mass is 10.2. The first-order chi connectivity index (χ1) is 11.8. The first kappa shape index (κ1) is 16.4. The number of methoxy groups -OCH3 is 2. The van der Waals surface area contributed by atoms with Crippen molar-refractivity contribution in [2.45, 2.75) is 38.3 Å². The van der Waals surface area contributed by atoms with Gasteiger partial charge in [-0.25, -0.2) is 4.98 Å². The molecule has 1 aromatic carbocycles. The van der Waals surface area contributed by atoms with Gasteiger partial charge in [0.15, 0.2) is 11.5 Å². The Balaban J connectivity index is 1.61. The number of hydrogen-bond donors (Lipinski definition) is 2. The van der Waals surface area contributed by atoms with Gasteiger partial charge in [0.05, 0.1) is 14.2 Å². The Bertz CT molecular complexity index is 672. The molecule has 1 heterocycles. The molecule has 2 aromatic rings. The Kier molecular flexibility index (Phi) is 5.36. The fourth-order valence-electron chi connectivity index (χ4n) is 2.98. The van der Waals surface area contributed by atoms with Gasteiger partial charge in [-0.2, -0.15) is 4.98 Å². The van der Waals surface area contributed by atoms with Gasteiger partial charge in [0.2, 0.25) is 5.95 Å². The maximum Gasteiger partial charge on any atom is 0.224 e. The minimum absolute atomic E-state index is 0.540. The van der Waals surface area contributed by atoms with E-state index in [2.05, 4.69) is 20.6 Å². The van der Waals surface area contributed by atoms with E-state index in [1.54, 1.807) is 20.4 Å². The largest absolute Gasteiger partial charge is 0.493 e. The summed E-state index contributed by atoms with van der Waals surface area (Å²) < 4.78 is 10.6. The smallest absolute Gasteiger partial charge is 0.224 e. The van der Waals surface area contributed by atoms with E-state index in [4.69, 9.17) is 9.47 Å². The Morgan fingerprint density at radius 3 is 2.62 bits per heavy atom. The van der Waals surface area contributed by atoms with E-state index >= 15 is 0 Å². The number of hydrogen-bond acceptors (Lipinski definition) is 6. The summed E-state index contributed by atoms with van der Waals surface area (Å²) in [4.78, 5) is 8.83. The predicted molar refractivity (Wildman–Crippen MR) is 94.8 cm³/mol.